The predicted molar refractivity (Wildman–Crippen MR) is 147 cm³/mol. The van der Waals surface area contributed by atoms with Crippen LogP contribution in [0.1, 0.15) is 35.3 Å². The molecule has 3 atom stereocenters. The summed E-state index contributed by atoms with van der Waals surface area (Å²) in [5.41, 5.74) is 4.70. The van der Waals surface area contributed by atoms with E-state index in [1.165, 1.54) is 0 Å². The molecule has 0 aromatic heterocycles. The van der Waals surface area contributed by atoms with E-state index in [0.29, 0.717) is 31.8 Å². The average Bonchev–Trinajstić information content (AvgIpc) is 2.94. The Morgan fingerprint density at radius 2 is 1.68 bits per heavy atom. The molecule has 0 bridgehead atoms. The summed E-state index contributed by atoms with van der Waals surface area (Å²) in [6, 6.07) is 23.6. The standard InChI is InChI=1S/C31H38N2O4/c1-22-17-33(23(2)20-34)31(35)28-15-9-8-14-27(28)26-13-7-5-12-25(26)21-37-30(22)19-32(3)18-24-11-6-10-16-29(24)36-4/h5-16,22-23,30,34H,17-21H2,1-4H3/t22-,23+,30-/m1/s1. The van der Waals surface area contributed by atoms with Crippen molar-refractivity contribution in [2.45, 2.75) is 39.1 Å². The SMILES string of the molecule is COc1ccccc1CN(C)C[C@H]1OCc2ccccc2-c2ccccc2C(=O)N([C@@H](C)CO)C[C@H]1C. The number of para-hydroxylation sites is 1. The molecule has 0 saturated carbocycles. The fourth-order valence-corrected chi connectivity index (χ4v) is 5.05. The zero-order chi connectivity index (χ0) is 26.4. The van der Waals surface area contributed by atoms with Crippen LogP contribution < -0.4 is 4.74 Å². The molecule has 0 saturated heterocycles. The van der Waals surface area contributed by atoms with Crippen LogP contribution >= 0.6 is 0 Å². The van der Waals surface area contributed by atoms with Gasteiger partial charge >= 0.3 is 0 Å². The summed E-state index contributed by atoms with van der Waals surface area (Å²) in [6.07, 6.45) is -0.129. The summed E-state index contributed by atoms with van der Waals surface area (Å²) in [6.45, 7) is 6.25. The molecule has 37 heavy (non-hydrogen) atoms. The summed E-state index contributed by atoms with van der Waals surface area (Å²) < 4.78 is 12.2. The Morgan fingerprint density at radius 3 is 2.41 bits per heavy atom. The van der Waals surface area contributed by atoms with Crippen LogP contribution in [-0.4, -0.2) is 66.8 Å². The molecule has 3 aromatic rings. The lowest BCUT2D eigenvalue weighted by Gasteiger charge is -2.35. The van der Waals surface area contributed by atoms with E-state index in [9.17, 15) is 9.90 Å². The summed E-state index contributed by atoms with van der Waals surface area (Å²) >= 11 is 0. The first-order chi connectivity index (χ1) is 17.9. The topological polar surface area (TPSA) is 62.2 Å². The number of hydrogen-bond acceptors (Lipinski definition) is 5. The van der Waals surface area contributed by atoms with Crippen LogP contribution in [0.4, 0.5) is 0 Å². The molecule has 6 heteroatoms. The van der Waals surface area contributed by atoms with Gasteiger partial charge in [-0.05, 0) is 42.8 Å². The molecular weight excluding hydrogens is 464 g/mol. The Kier molecular flexibility index (Phi) is 8.98. The van der Waals surface area contributed by atoms with Gasteiger partial charge in [-0.2, -0.15) is 0 Å². The van der Waals surface area contributed by atoms with Crippen LogP contribution in [0.25, 0.3) is 11.1 Å². The maximum absolute atomic E-state index is 13.9. The third kappa shape index (κ3) is 6.21. The van der Waals surface area contributed by atoms with Gasteiger partial charge in [-0.1, -0.05) is 67.6 Å². The van der Waals surface area contributed by atoms with Gasteiger partial charge in [0.2, 0.25) is 0 Å². The first-order valence-electron chi connectivity index (χ1n) is 12.9. The normalized spacial score (nSPS) is 19.1. The van der Waals surface area contributed by atoms with E-state index < -0.39 is 0 Å². The Hall–Kier alpha value is -3.19. The summed E-state index contributed by atoms with van der Waals surface area (Å²) in [7, 11) is 3.77. The molecule has 196 valence electrons. The molecular formula is C31H38N2O4. The van der Waals surface area contributed by atoms with Crippen molar-refractivity contribution in [3.8, 4) is 16.9 Å². The van der Waals surface area contributed by atoms with Crippen molar-refractivity contribution in [3.05, 3.63) is 89.5 Å². The first kappa shape index (κ1) is 26.9. The summed E-state index contributed by atoms with van der Waals surface area (Å²) in [4.78, 5) is 17.9. The number of amides is 1. The van der Waals surface area contributed by atoms with Gasteiger partial charge in [0.05, 0.1) is 32.5 Å². The summed E-state index contributed by atoms with van der Waals surface area (Å²) in [5, 5.41) is 10.0. The van der Waals surface area contributed by atoms with Crippen LogP contribution in [0.15, 0.2) is 72.8 Å². The lowest BCUT2D eigenvalue weighted by atomic mass is 9.94. The molecule has 3 aromatic carbocycles. The van der Waals surface area contributed by atoms with E-state index >= 15 is 0 Å². The minimum atomic E-state index is -0.314. The molecule has 1 heterocycles. The maximum Gasteiger partial charge on any atom is 0.254 e. The minimum absolute atomic E-state index is 0.0375. The highest BCUT2D eigenvalue weighted by Gasteiger charge is 2.30. The molecule has 1 aliphatic heterocycles. The quantitative estimate of drug-likeness (QED) is 0.500. The van der Waals surface area contributed by atoms with Crippen molar-refractivity contribution in [2.24, 2.45) is 5.92 Å². The number of rotatable bonds is 7. The number of benzene rings is 3. The van der Waals surface area contributed by atoms with Gasteiger partial charge in [0, 0.05) is 36.7 Å². The Labute approximate surface area is 220 Å². The second-order valence-corrected chi connectivity index (χ2v) is 10.0. The number of nitrogens with zero attached hydrogens (tertiary/aromatic N) is 2. The minimum Gasteiger partial charge on any atom is -0.496 e. The van der Waals surface area contributed by atoms with Crippen LogP contribution in [0.2, 0.25) is 0 Å². The average molecular weight is 503 g/mol. The van der Waals surface area contributed by atoms with E-state index in [0.717, 1.165) is 28.0 Å². The van der Waals surface area contributed by atoms with Crippen molar-refractivity contribution in [3.63, 3.8) is 0 Å². The highest BCUT2D eigenvalue weighted by atomic mass is 16.5. The van der Waals surface area contributed by atoms with Crippen LogP contribution in [0, 0.1) is 5.92 Å². The van der Waals surface area contributed by atoms with E-state index in [1.54, 1.807) is 12.0 Å². The van der Waals surface area contributed by atoms with Gasteiger partial charge in [0.15, 0.2) is 0 Å². The highest BCUT2D eigenvalue weighted by Crippen LogP contribution is 2.31. The van der Waals surface area contributed by atoms with Gasteiger partial charge in [0.25, 0.3) is 5.91 Å². The number of hydrogen-bond donors (Lipinski definition) is 1. The highest BCUT2D eigenvalue weighted by molar-refractivity contribution is 6.01. The molecule has 4 rings (SSSR count). The third-order valence-electron chi connectivity index (χ3n) is 7.22. The fourth-order valence-electron chi connectivity index (χ4n) is 5.05. The van der Waals surface area contributed by atoms with E-state index in [-0.39, 0.29) is 30.6 Å². The third-order valence-corrected chi connectivity index (χ3v) is 7.22. The number of fused-ring (bicyclic) bond motifs is 3. The zero-order valence-corrected chi connectivity index (χ0v) is 22.3. The molecule has 1 aliphatic rings. The molecule has 6 nitrogen and oxygen atoms in total. The molecule has 0 aliphatic carbocycles. The van der Waals surface area contributed by atoms with E-state index in [4.69, 9.17) is 9.47 Å². The van der Waals surface area contributed by atoms with Crippen molar-refractivity contribution in [1.29, 1.82) is 0 Å². The second kappa shape index (κ2) is 12.4. The smallest absolute Gasteiger partial charge is 0.254 e. The molecule has 0 spiro atoms. The number of likely N-dealkylation sites (N-methyl/N-ethyl adjacent to an activating group) is 1. The van der Waals surface area contributed by atoms with Crippen molar-refractivity contribution in [2.75, 3.05) is 33.9 Å². The van der Waals surface area contributed by atoms with E-state index in [1.807, 2.05) is 61.5 Å². The van der Waals surface area contributed by atoms with Crippen LogP contribution in [0.3, 0.4) is 0 Å². The maximum atomic E-state index is 13.9. The van der Waals surface area contributed by atoms with Gasteiger partial charge in [-0.3, -0.25) is 9.69 Å². The van der Waals surface area contributed by atoms with Crippen molar-refractivity contribution < 1.29 is 19.4 Å². The van der Waals surface area contributed by atoms with E-state index in [2.05, 4.69) is 37.1 Å². The number of aliphatic hydroxyl groups is 1. The lowest BCUT2D eigenvalue weighted by Crippen LogP contribution is -2.47. The van der Waals surface area contributed by atoms with Gasteiger partial charge in [-0.15, -0.1) is 0 Å². The summed E-state index contributed by atoms with van der Waals surface area (Å²) in [5.74, 6) is 0.836. The Balaban J connectivity index is 1.67. The first-order valence-corrected chi connectivity index (χ1v) is 12.9. The molecule has 0 radical (unpaired) electrons. The number of carbonyl (C=O) groups excluding carboxylic acids is 1. The molecule has 0 unspecified atom stereocenters. The number of ether oxygens (including phenoxy) is 2. The largest absolute Gasteiger partial charge is 0.496 e. The Morgan fingerprint density at radius 1 is 1.03 bits per heavy atom. The number of aliphatic hydroxyl groups excluding tert-OH is 1. The molecule has 1 amide bonds. The predicted octanol–water partition coefficient (Wildman–Crippen LogP) is 4.85. The van der Waals surface area contributed by atoms with Crippen LogP contribution in [0.5, 0.6) is 5.75 Å². The van der Waals surface area contributed by atoms with Gasteiger partial charge in [-0.25, -0.2) is 0 Å². The number of methoxy groups -OCH3 is 1. The van der Waals surface area contributed by atoms with Crippen molar-refractivity contribution >= 4 is 5.91 Å². The molecule has 0 fully saturated rings. The second-order valence-electron chi connectivity index (χ2n) is 10.0. The van der Waals surface area contributed by atoms with Crippen molar-refractivity contribution in [1.82, 2.24) is 9.80 Å². The van der Waals surface area contributed by atoms with Gasteiger partial charge in [0.1, 0.15) is 5.75 Å². The number of carbonyl (C=O) groups is 1. The molecule has 1 N–H and O–H groups in total. The Bertz CT molecular complexity index is 1200. The fraction of sp³-hybridized carbons (Fsp3) is 0.387. The van der Waals surface area contributed by atoms with Gasteiger partial charge < -0.3 is 19.5 Å². The monoisotopic (exact) mass is 502 g/mol. The van der Waals surface area contributed by atoms with Crippen LogP contribution in [-0.2, 0) is 17.9 Å². The lowest BCUT2D eigenvalue weighted by molar-refractivity contribution is -0.0241. The zero-order valence-electron chi connectivity index (χ0n) is 22.3.